The molecule has 0 spiro atoms. The zero-order valence-corrected chi connectivity index (χ0v) is 11.2. The fourth-order valence-corrected chi connectivity index (χ4v) is 1.77. The molecule has 3 heteroatoms. The van der Waals surface area contributed by atoms with Gasteiger partial charge in [-0.25, -0.2) is 4.79 Å². The number of phenolic OH excluding ortho intramolecular Hbond substituents is 1. The van der Waals surface area contributed by atoms with Crippen LogP contribution >= 0.6 is 0 Å². The molecular formula is C15H22O3. The topological polar surface area (TPSA) is 46.5 Å². The first-order valence-corrected chi connectivity index (χ1v) is 6.63. The second-order valence-electron chi connectivity index (χ2n) is 4.61. The number of carbonyl (C=O) groups excluding carboxylic acids is 1. The van der Waals surface area contributed by atoms with E-state index in [1.807, 2.05) is 6.92 Å². The lowest BCUT2D eigenvalue weighted by Crippen LogP contribution is -2.14. The van der Waals surface area contributed by atoms with Crippen LogP contribution in [0.3, 0.4) is 0 Å². The number of carbonyl (C=O) groups is 1. The number of phenols is 1. The molecule has 1 aromatic rings. The van der Waals surface area contributed by atoms with Gasteiger partial charge in [0, 0.05) is 0 Å². The third-order valence-electron chi connectivity index (χ3n) is 2.88. The van der Waals surface area contributed by atoms with Gasteiger partial charge in [0.25, 0.3) is 0 Å². The molecule has 3 nitrogen and oxygen atoms in total. The highest BCUT2D eigenvalue weighted by atomic mass is 16.5. The first kappa shape index (κ1) is 14.6. The molecule has 1 atom stereocenters. The Balaban J connectivity index is 2.33. The van der Waals surface area contributed by atoms with Crippen LogP contribution < -0.4 is 0 Å². The third kappa shape index (κ3) is 5.21. The van der Waals surface area contributed by atoms with Crippen molar-refractivity contribution in [3.05, 3.63) is 29.8 Å². The van der Waals surface area contributed by atoms with Crippen molar-refractivity contribution < 1.29 is 14.6 Å². The molecule has 1 N–H and O–H groups in total. The average molecular weight is 250 g/mol. The summed E-state index contributed by atoms with van der Waals surface area (Å²) in [6.45, 7) is 4.10. The molecule has 0 aliphatic carbocycles. The summed E-state index contributed by atoms with van der Waals surface area (Å²) in [7, 11) is 0. The van der Waals surface area contributed by atoms with Crippen molar-refractivity contribution in [3.63, 3.8) is 0 Å². The smallest absolute Gasteiger partial charge is 0.338 e. The van der Waals surface area contributed by atoms with E-state index in [-0.39, 0.29) is 17.8 Å². The Morgan fingerprint density at radius 2 is 1.89 bits per heavy atom. The van der Waals surface area contributed by atoms with E-state index in [2.05, 4.69) is 6.92 Å². The number of rotatable bonds is 7. The lowest BCUT2D eigenvalue weighted by Gasteiger charge is -2.13. The monoisotopic (exact) mass is 250 g/mol. The van der Waals surface area contributed by atoms with Crippen LogP contribution in [-0.4, -0.2) is 17.2 Å². The number of hydrogen-bond donors (Lipinski definition) is 1. The minimum absolute atomic E-state index is 0.0526. The van der Waals surface area contributed by atoms with Crippen molar-refractivity contribution in [1.82, 2.24) is 0 Å². The fraction of sp³-hybridized carbons (Fsp3) is 0.533. The standard InChI is InChI=1S/C15H22O3/c1-3-4-5-6-7-12(2)18-15(17)13-8-10-14(16)11-9-13/h8-12,16H,3-7H2,1-2H3. The van der Waals surface area contributed by atoms with Crippen molar-refractivity contribution >= 4 is 5.97 Å². The second-order valence-corrected chi connectivity index (χ2v) is 4.61. The fourth-order valence-electron chi connectivity index (χ4n) is 1.77. The lowest BCUT2D eigenvalue weighted by atomic mass is 10.1. The molecule has 1 rings (SSSR count). The molecule has 100 valence electrons. The van der Waals surface area contributed by atoms with E-state index in [1.165, 1.54) is 31.4 Å². The molecule has 18 heavy (non-hydrogen) atoms. The number of hydrogen-bond acceptors (Lipinski definition) is 3. The molecule has 0 aliphatic heterocycles. The van der Waals surface area contributed by atoms with Crippen LogP contribution in [0.5, 0.6) is 5.75 Å². The van der Waals surface area contributed by atoms with Crippen LogP contribution in [0.4, 0.5) is 0 Å². The van der Waals surface area contributed by atoms with Gasteiger partial charge < -0.3 is 9.84 Å². The minimum Gasteiger partial charge on any atom is -0.508 e. The highest BCUT2D eigenvalue weighted by Gasteiger charge is 2.11. The van der Waals surface area contributed by atoms with Crippen LogP contribution in [0.25, 0.3) is 0 Å². The van der Waals surface area contributed by atoms with Crippen LogP contribution in [0.2, 0.25) is 0 Å². The number of aromatic hydroxyl groups is 1. The molecule has 0 fully saturated rings. The zero-order valence-electron chi connectivity index (χ0n) is 11.2. The van der Waals surface area contributed by atoms with Gasteiger partial charge in [-0.1, -0.05) is 26.2 Å². The summed E-state index contributed by atoms with van der Waals surface area (Å²) in [4.78, 5) is 11.8. The van der Waals surface area contributed by atoms with Crippen LogP contribution in [0.1, 0.15) is 56.3 Å². The second kappa shape index (κ2) is 7.75. The maximum Gasteiger partial charge on any atom is 0.338 e. The predicted molar refractivity (Wildman–Crippen MR) is 71.7 cm³/mol. The largest absolute Gasteiger partial charge is 0.508 e. The molecule has 0 aliphatic rings. The number of esters is 1. The zero-order chi connectivity index (χ0) is 13.4. The van der Waals surface area contributed by atoms with Gasteiger partial charge in [0.2, 0.25) is 0 Å². The Bertz CT molecular complexity index is 357. The van der Waals surface area contributed by atoms with Gasteiger partial charge >= 0.3 is 5.97 Å². The Morgan fingerprint density at radius 1 is 1.22 bits per heavy atom. The predicted octanol–water partition coefficient (Wildman–Crippen LogP) is 3.91. The van der Waals surface area contributed by atoms with E-state index < -0.39 is 0 Å². The Hall–Kier alpha value is -1.51. The van der Waals surface area contributed by atoms with Gasteiger partial charge in [-0.15, -0.1) is 0 Å². The molecule has 0 radical (unpaired) electrons. The number of ether oxygens (including phenoxy) is 1. The SMILES string of the molecule is CCCCCCC(C)OC(=O)c1ccc(O)cc1. The average Bonchev–Trinajstić information content (AvgIpc) is 2.35. The first-order chi connectivity index (χ1) is 8.63. The van der Waals surface area contributed by atoms with Crippen molar-refractivity contribution in [2.45, 2.75) is 52.1 Å². The van der Waals surface area contributed by atoms with Crippen molar-refractivity contribution in [3.8, 4) is 5.75 Å². The maximum absolute atomic E-state index is 11.8. The van der Waals surface area contributed by atoms with Gasteiger partial charge in [0.1, 0.15) is 5.75 Å². The van der Waals surface area contributed by atoms with E-state index in [9.17, 15) is 4.79 Å². The maximum atomic E-state index is 11.8. The molecule has 1 aromatic carbocycles. The molecular weight excluding hydrogens is 228 g/mol. The van der Waals surface area contributed by atoms with Crippen molar-refractivity contribution in [2.24, 2.45) is 0 Å². The summed E-state index contributed by atoms with van der Waals surface area (Å²) < 4.78 is 5.34. The van der Waals surface area contributed by atoms with Crippen molar-refractivity contribution in [1.29, 1.82) is 0 Å². The molecule has 0 bridgehead atoms. The molecule has 0 amide bonds. The van der Waals surface area contributed by atoms with Crippen molar-refractivity contribution in [2.75, 3.05) is 0 Å². The van der Waals surface area contributed by atoms with Crippen LogP contribution in [0, 0.1) is 0 Å². The highest BCUT2D eigenvalue weighted by molar-refractivity contribution is 5.89. The van der Waals surface area contributed by atoms with E-state index in [4.69, 9.17) is 9.84 Å². The molecule has 0 aromatic heterocycles. The summed E-state index contributed by atoms with van der Waals surface area (Å²) in [5.41, 5.74) is 0.480. The Kier molecular flexibility index (Phi) is 6.26. The van der Waals surface area contributed by atoms with Gasteiger partial charge in [0.05, 0.1) is 11.7 Å². The number of unbranched alkanes of at least 4 members (excludes halogenated alkanes) is 3. The number of benzene rings is 1. The highest BCUT2D eigenvalue weighted by Crippen LogP contribution is 2.13. The minimum atomic E-state index is -0.321. The first-order valence-electron chi connectivity index (χ1n) is 6.63. The third-order valence-corrected chi connectivity index (χ3v) is 2.88. The lowest BCUT2D eigenvalue weighted by molar-refractivity contribution is 0.0319. The summed E-state index contributed by atoms with van der Waals surface area (Å²) in [6, 6.07) is 6.12. The summed E-state index contributed by atoms with van der Waals surface area (Å²) in [5, 5.41) is 9.13. The van der Waals surface area contributed by atoms with E-state index in [1.54, 1.807) is 12.1 Å². The van der Waals surface area contributed by atoms with Crippen LogP contribution in [0.15, 0.2) is 24.3 Å². The van der Waals surface area contributed by atoms with E-state index in [0.29, 0.717) is 5.56 Å². The van der Waals surface area contributed by atoms with Gasteiger partial charge in [-0.05, 0) is 44.0 Å². The molecule has 0 saturated heterocycles. The van der Waals surface area contributed by atoms with Gasteiger partial charge in [-0.3, -0.25) is 0 Å². The normalized spacial score (nSPS) is 12.1. The van der Waals surface area contributed by atoms with Gasteiger partial charge in [-0.2, -0.15) is 0 Å². The summed E-state index contributed by atoms with van der Waals surface area (Å²) in [5.74, 6) is -0.169. The van der Waals surface area contributed by atoms with Crippen LogP contribution in [-0.2, 0) is 4.74 Å². The van der Waals surface area contributed by atoms with E-state index in [0.717, 1.165) is 12.8 Å². The molecule has 0 heterocycles. The summed E-state index contributed by atoms with van der Waals surface area (Å²) >= 11 is 0. The van der Waals surface area contributed by atoms with E-state index >= 15 is 0 Å². The summed E-state index contributed by atoms with van der Waals surface area (Å²) in [6.07, 6.45) is 5.59. The Morgan fingerprint density at radius 3 is 2.50 bits per heavy atom. The quantitative estimate of drug-likeness (QED) is 0.589. The van der Waals surface area contributed by atoms with Gasteiger partial charge in [0.15, 0.2) is 0 Å². The molecule has 1 unspecified atom stereocenters. The molecule has 0 saturated carbocycles. The Labute approximate surface area is 109 Å².